The summed E-state index contributed by atoms with van der Waals surface area (Å²) in [6.07, 6.45) is -3.67. The molecule has 3 rings (SSSR count). The van der Waals surface area contributed by atoms with E-state index in [0.717, 1.165) is 12.1 Å². The highest BCUT2D eigenvalue weighted by Crippen LogP contribution is 2.30. The Bertz CT molecular complexity index is 893. The van der Waals surface area contributed by atoms with E-state index in [1.54, 1.807) is 11.0 Å². The predicted molar refractivity (Wildman–Crippen MR) is 101 cm³/mol. The van der Waals surface area contributed by atoms with Gasteiger partial charge in [0.05, 0.1) is 31.9 Å². The molecule has 0 aliphatic carbocycles. The van der Waals surface area contributed by atoms with Gasteiger partial charge in [-0.25, -0.2) is 9.78 Å². The lowest BCUT2D eigenvalue weighted by molar-refractivity contribution is -0.274. The molecule has 12 heteroatoms. The Morgan fingerprint density at radius 1 is 1.16 bits per heavy atom. The van der Waals surface area contributed by atoms with Gasteiger partial charge >= 0.3 is 18.9 Å². The molecule has 0 saturated carbocycles. The van der Waals surface area contributed by atoms with E-state index in [4.69, 9.17) is 4.74 Å². The van der Waals surface area contributed by atoms with Crippen molar-refractivity contribution in [2.24, 2.45) is 0 Å². The Morgan fingerprint density at radius 3 is 2.41 bits per heavy atom. The van der Waals surface area contributed by atoms with Crippen molar-refractivity contribution in [1.29, 1.82) is 0 Å². The number of esters is 1. The third-order valence-electron chi connectivity index (χ3n) is 4.61. The number of ether oxygens (including phenoxy) is 4. The van der Waals surface area contributed by atoms with Crippen LogP contribution in [0.1, 0.15) is 16.8 Å². The molecule has 174 valence electrons. The molecular weight excluding hydrogens is 443 g/mol. The number of halogens is 5. The SMILES string of the molecule is COC(=O)c1ccc(N2C[C@@H](Oc3ccc(OC(F)(F)F)cc3)C[C@H]2COC(F)F)nc1. The molecule has 0 amide bonds. The van der Waals surface area contributed by atoms with Crippen molar-refractivity contribution >= 4 is 11.8 Å². The zero-order valence-corrected chi connectivity index (χ0v) is 16.7. The Hall–Kier alpha value is -3.15. The molecule has 7 nitrogen and oxygen atoms in total. The molecule has 1 aromatic heterocycles. The average molecular weight is 462 g/mol. The number of methoxy groups -OCH3 is 1. The number of carbonyl (C=O) groups excluding carboxylic acids is 1. The number of pyridine rings is 1. The number of hydrogen-bond donors (Lipinski definition) is 0. The molecule has 0 N–H and O–H groups in total. The van der Waals surface area contributed by atoms with Gasteiger partial charge in [-0.1, -0.05) is 0 Å². The fourth-order valence-corrected chi connectivity index (χ4v) is 3.29. The van der Waals surface area contributed by atoms with E-state index in [1.807, 2.05) is 0 Å². The van der Waals surface area contributed by atoms with Crippen LogP contribution in [0.3, 0.4) is 0 Å². The molecular formula is C20H19F5N2O5. The molecule has 2 heterocycles. The Labute approximate surface area is 179 Å². The van der Waals surface area contributed by atoms with Gasteiger partial charge in [-0.05, 0) is 36.4 Å². The lowest BCUT2D eigenvalue weighted by atomic mass is 10.2. The predicted octanol–water partition coefficient (Wildman–Crippen LogP) is 4.03. The number of rotatable bonds is 8. The van der Waals surface area contributed by atoms with Crippen molar-refractivity contribution in [3.8, 4) is 11.5 Å². The van der Waals surface area contributed by atoms with Crippen LogP contribution in [0.25, 0.3) is 0 Å². The van der Waals surface area contributed by atoms with Crippen molar-refractivity contribution in [2.75, 3.05) is 25.2 Å². The van der Waals surface area contributed by atoms with Gasteiger partial charge in [-0.2, -0.15) is 8.78 Å². The number of carbonyl (C=O) groups is 1. The molecule has 2 atom stereocenters. The molecule has 32 heavy (non-hydrogen) atoms. The average Bonchev–Trinajstić information content (AvgIpc) is 3.14. The Balaban J connectivity index is 1.70. The summed E-state index contributed by atoms with van der Waals surface area (Å²) < 4.78 is 80.7. The molecule has 0 radical (unpaired) electrons. The second-order valence-corrected chi connectivity index (χ2v) is 6.79. The van der Waals surface area contributed by atoms with E-state index in [-0.39, 0.29) is 24.5 Å². The van der Waals surface area contributed by atoms with E-state index in [2.05, 4.69) is 19.2 Å². The summed E-state index contributed by atoms with van der Waals surface area (Å²) in [4.78, 5) is 17.5. The maximum absolute atomic E-state index is 12.6. The summed E-state index contributed by atoms with van der Waals surface area (Å²) in [6, 6.07) is 7.40. The van der Waals surface area contributed by atoms with Crippen molar-refractivity contribution in [1.82, 2.24) is 4.98 Å². The first-order chi connectivity index (χ1) is 15.1. The first kappa shape index (κ1) is 23.5. The Kier molecular flexibility index (Phi) is 7.33. The van der Waals surface area contributed by atoms with Crippen molar-refractivity contribution in [3.63, 3.8) is 0 Å². The van der Waals surface area contributed by atoms with E-state index in [0.29, 0.717) is 12.2 Å². The van der Waals surface area contributed by atoms with Crippen LogP contribution < -0.4 is 14.4 Å². The number of hydrogen-bond acceptors (Lipinski definition) is 7. The summed E-state index contributed by atoms with van der Waals surface area (Å²) in [5.41, 5.74) is 0.227. The van der Waals surface area contributed by atoms with Crippen LogP contribution in [-0.4, -0.2) is 56.3 Å². The van der Waals surface area contributed by atoms with E-state index in [9.17, 15) is 26.7 Å². The maximum atomic E-state index is 12.6. The molecule has 1 aromatic carbocycles. The van der Waals surface area contributed by atoms with Gasteiger partial charge in [0.25, 0.3) is 0 Å². The highest BCUT2D eigenvalue weighted by Gasteiger charge is 2.35. The van der Waals surface area contributed by atoms with Gasteiger partial charge in [0, 0.05) is 12.6 Å². The fraction of sp³-hybridized carbons (Fsp3) is 0.400. The van der Waals surface area contributed by atoms with E-state index >= 15 is 0 Å². The maximum Gasteiger partial charge on any atom is 0.573 e. The zero-order valence-electron chi connectivity index (χ0n) is 16.7. The molecule has 0 unspecified atom stereocenters. The monoisotopic (exact) mass is 462 g/mol. The molecule has 1 saturated heterocycles. The third-order valence-corrected chi connectivity index (χ3v) is 4.61. The van der Waals surface area contributed by atoms with Gasteiger partial charge in [0.15, 0.2) is 0 Å². The first-order valence-electron chi connectivity index (χ1n) is 9.38. The number of benzene rings is 1. The summed E-state index contributed by atoms with van der Waals surface area (Å²) in [5, 5.41) is 0. The summed E-state index contributed by atoms with van der Waals surface area (Å²) in [7, 11) is 1.23. The van der Waals surface area contributed by atoms with Crippen LogP contribution in [0.4, 0.5) is 27.8 Å². The normalized spacial score (nSPS) is 18.7. The van der Waals surface area contributed by atoms with Gasteiger partial charge in [-0.3, -0.25) is 0 Å². The summed E-state index contributed by atoms with van der Waals surface area (Å²) in [5.74, 6) is -0.257. The van der Waals surface area contributed by atoms with Gasteiger partial charge in [0.1, 0.15) is 23.4 Å². The van der Waals surface area contributed by atoms with Crippen molar-refractivity contribution in [3.05, 3.63) is 48.2 Å². The first-order valence-corrected chi connectivity index (χ1v) is 9.38. The van der Waals surface area contributed by atoms with Crippen LogP contribution in [0.2, 0.25) is 0 Å². The van der Waals surface area contributed by atoms with Crippen molar-refractivity contribution in [2.45, 2.75) is 31.5 Å². The largest absolute Gasteiger partial charge is 0.573 e. The summed E-state index contributed by atoms with van der Waals surface area (Å²) >= 11 is 0. The van der Waals surface area contributed by atoms with Crippen LogP contribution in [-0.2, 0) is 9.47 Å². The van der Waals surface area contributed by atoms with E-state index in [1.165, 1.54) is 31.5 Å². The quantitative estimate of drug-likeness (QED) is 0.433. The van der Waals surface area contributed by atoms with Crippen LogP contribution in [0.15, 0.2) is 42.6 Å². The standard InChI is InChI=1S/C20H19F5N2O5/c1-29-18(28)12-2-7-17(26-9-12)27-10-16(8-13(27)11-30-19(21)22)31-14-3-5-15(6-4-14)32-20(23,24)25/h2-7,9,13,16,19H,8,10-11H2,1H3/t13-,16-/m0/s1. The number of aromatic nitrogens is 1. The minimum absolute atomic E-state index is 0.227. The molecule has 0 spiro atoms. The Morgan fingerprint density at radius 2 is 1.84 bits per heavy atom. The zero-order chi connectivity index (χ0) is 23.3. The van der Waals surface area contributed by atoms with Crippen LogP contribution >= 0.6 is 0 Å². The number of nitrogens with zero attached hydrogens (tertiary/aromatic N) is 2. The third kappa shape index (κ3) is 6.42. The molecule has 1 fully saturated rings. The minimum Gasteiger partial charge on any atom is -0.489 e. The second kappa shape index (κ2) is 9.98. The molecule has 1 aliphatic heterocycles. The highest BCUT2D eigenvalue weighted by molar-refractivity contribution is 5.89. The smallest absolute Gasteiger partial charge is 0.489 e. The number of anilines is 1. The van der Waals surface area contributed by atoms with Gasteiger partial charge < -0.3 is 23.8 Å². The van der Waals surface area contributed by atoms with Gasteiger partial charge in [-0.15, -0.1) is 13.2 Å². The number of alkyl halides is 5. The molecule has 0 bridgehead atoms. The minimum atomic E-state index is -4.80. The lowest BCUT2D eigenvalue weighted by Gasteiger charge is -2.25. The van der Waals surface area contributed by atoms with E-state index < -0.39 is 36.8 Å². The topological polar surface area (TPSA) is 70.1 Å². The van der Waals surface area contributed by atoms with Crippen LogP contribution in [0.5, 0.6) is 11.5 Å². The van der Waals surface area contributed by atoms with Gasteiger partial charge in [0.2, 0.25) is 0 Å². The lowest BCUT2D eigenvalue weighted by Crippen LogP contribution is -2.34. The molecule has 1 aliphatic rings. The van der Waals surface area contributed by atoms with Crippen LogP contribution in [0, 0.1) is 0 Å². The summed E-state index contributed by atoms with van der Waals surface area (Å²) in [6.45, 7) is -2.99. The fourth-order valence-electron chi connectivity index (χ4n) is 3.29. The van der Waals surface area contributed by atoms with Crippen molar-refractivity contribution < 1.29 is 45.7 Å². The molecule has 2 aromatic rings. The second-order valence-electron chi connectivity index (χ2n) is 6.79. The highest BCUT2D eigenvalue weighted by atomic mass is 19.4.